The summed E-state index contributed by atoms with van der Waals surface area (Å²) in [7, 11) is 1.85. The Hall–Kier alpha value is -1.89. The summed E-state index contributed by atoms with van der Waals surface area (Å²) in [6.45, 7) is 1.23. The molecule has 1 aromatic carbocycles. The first-order chi connectivity index (χ1) is 11.6. The third-order valence-corrected chi connectivity index (χ3v) is 4.53. The largest absolute Gasteiger partial charge is 0.347 e. The van der Waals surface area contributed by atoms with Gasteiger partial charge in [0.2, 0.25) is 5.91 Å². The van der Waals surface area contributed by atoms with Crippen molar-refractivity contribution in [2.24, 2.45) is 0 Å². The van der Waals surface area contributed by atoms with E-state index in [0.29, 0.717) is 29.2 Å². The monoisotopic (exact) mass is 365 g/mol. The van der Waals surface area contributed by atoms with Crippen LogP contribution in [0.3, 0.4) is 0 Å². The first kappa shape index (κ1) is 18.4. The second-order valence-electron chi connectivity index (χ2n) is 5.21. The van der Waals surface area contributed by atoms with Gasteiger partial charge in [-0.05, 0) is 49.7 Å². The van der Waals surface area contributed by atoms with Crippen LogP contribution in [0.5, 0.6) is 0 Å². The Balaban J connectivity index is 1.96. The van der Waals surface area contributed by atoms with Crippen molar-refractivity contribution in [2.75, 3.05) is 18.9 Å². The maximum Gasteiger partial charge on any atom is 0.253 e. The Morgan fingerprint density at radius 2 is 2.08 bits per heavy atom. The minimum atomic E-state index is -0.264. The molecule has 0 unspecified atom stereocenters. The van der Waals surface area contributed by atoms with Crippen LogP contribution in [0.1, 0.15) is 28.1 Å². The number of hydrogen-bond donors (Lipinski definition) is 3. The molecule has 0 saturated carbocycles. The summed E-state index contributed by atoms with van der Waals surface area (Å²) in [5, 5.41) is 10.9. The van der Waals surface area contributed by atoms with Crippen molar-refractivity contribution in [3.63, 3.8) is 0 Å². The summed E-state index contributed by atoms with van der Waals surface area (Å²) < 4.78 is 0. The number of amides is 2. The van der Waals surface area contributed by atoms with Crippen LogP contribution in [0, 0.1) is 0 Å². The molecule has 3 N–H and O–H groups in total. The molecule has 0 spiro atoms. The van der Waals surface area contributed by atoms with Gasteiger partial charge < -0.3 is 16.0 Å². The summed E-state index contributed by atoms with van der Waals surface area (Å²) >= 11 is 7.69. The molecule has 2 amide bonds. The third-order valence-electron chi connectivity index (χ3n) is 3.33. The lowest BCUT2D eigenvalue weighted by Crippen LogP contribution is -2.23. The number of anilines is 1. The molecular weight excluding hydrogens is 346 g/mol. The summed E-state index contributed by atoms with van der Waals surface area (Å²) in [5.41, 5.74) is 0.913. The van der Waals surface area contributed by atoms with Crippen LogP contribution in [-0.2, 0) is 11.3 Å². The normalized spacial score (nSPS) is 10.4. The van der Waals surface area contributed by atoms with Gasteiger partial charge in [-0.1, -0.05) is 17.7 Å². The second-order valence-corrected chi connectivity index (χ2v) is 6.65. The van der Waals surface area contributed by atoms with Crippen LogP contribution in [-0.4, -0.2) is 25.4 Å². The SMILES string of the molecule is CNCCCC(=O)Nc1ccc(Cl)c(C(=O)NCc2cccs2)c1. The molecule has 0 radical (unpaired) electrons. The molecule has 2 aromatic rings. The van der Waals surface area contributed by atoms with E-state index in [4.69, 9.17) is 11.6 Å². The van der Waals surface area contributed by atoms with Gasteiger partial charge in [-0.2, -0.15) is 0 Å². The van der Waals surface area contributed by atoms with Gasteiger partial charge in [0.1, 0.15) is 0 Å². The van der Waals surface area contributed by atoms with Crippen molar-refractivity contribution in [1.29, 1.82) is 0 Å². The summed E-state index contributed by atoms with van der Waals surface area (Å²) in [6, 6.07) is 8.79. The van der Waals surface area contributed by atoms with Crippen LogP contribution < -0.4 is 16.0 Å². The zero-order chi connectivity index (χ0) is 17.4. The number of carbonyl (C=O) groups is 2. The number of rotatable bonds is 8. The van der Waals surface area contributed by atoms with E-state index in [9.17, 15) is 9.59 Å². The smallest absolute Gasteiger partial charge is 0.253 e. The minimum absolute atomic E-state index is 0.0856. The van der Waals surface area contributed by atoms with Crippen LogP contribution in [0.15, 0.2) is 35.7 Å². The van der Waals surface area contributed by atoms with Gasteiger partial charge in [0.25, 0.3) is 5.91 Å². The zero-order valence-electron chi connectivity index (χ0n) is 13.4. The summed E-state index contributed by atoms with van der Waals surface area (Å²) in [5.74, 6) is -0.350. The fourth-order valence-corrected chi connectivity index (χ4v) is 2.95. The van der Waals surface area contributed by atoms with E-state index in [-0.39, 0.29) is 11.8 Å². The molecule has 1 heterocycles. The Morgan fingerprint density at radius 3 is 2.79 bits per heavy atom. The average molecular weight is 366 g/mol. The van der Waals surface area contributed by atoms with Crippen LogP contribution in [0.2, 0.25) is 5.02 Å². The predicted molar refractivity (Wildman–Crippen MR) is 98.7 cm³/mol. The van der Waals surface area contributed by atoms with Crippen LogP contribution in [0.25, 0.3) is 0 Å². The fraction of sp³-hybridized carbons (Fsp3) is 0.294. The minimum Gasteiger partial charge on any atom is -0.347 e. The number of halogens is 1. The van der Waals surface area contributed by atoms with E-state index >= 15 is 0 Å². The molecule has 0 aliphatic rings. The standard InChI is InChI=1S/C17H20ClN3O2S/c1-19-8-2-5-16(22)21-12-6-7-15(18)14(10-12)17(23)20-11-13-4-3-9-24-13/h3-4,6-7,9-10,19H,2,5,8,11H2,1H3,(H,20,23)(H,21,22). The van der Waals surface area contributed by atoms with E-state index in [2.05, 4.69) is 16.0 Å². The molecular formula is C17H20ClN3O2S. The number of thiophene rings is 1. The highest BCUT2D eigenvalue weighted by atomic mass is 35.5. The van der Waals surface area contributed by atoms with E-state index < -0.39 is 0 Å². The van der Waals surface area contributed by atoms with E-state index in [1.807, 2.05) is 24.6 Å². The van der Waals surface area contributed by atoms with Gasteiger partial charge in [-0.25, -0.2) is 0 Å². The molecule has 0 fully saturated rings. The Bertz CT molecular complexity index is 689. The molecule has 0 aliphatic heterocycles. The second kappa shape index (κ2) is 9.42. The molecule has 2 rings (SSSR count). The molecule has 0 aliphatic carbocycles. The van der Waals surface area contributed by atoms with Crippen molar-refractivity contribution >= 4 is 40.4 Å². The Labute approximate surface area is 150 Å². The topological polar surface area (TPSA) is 70.2 Å². The highest BCUT2D eigenvalue weighted by Gasteiger charge is 2.12. The summed E-state index contributed by atoms with van der Waals surface area (Å²) in [6.07, 6.45) is 1.17. The molecule has 5 nitrogen and oxygen atoms in total. The number of benzene rings is 1. The molecule has 1 aromatic heterocycles. The highest BCUT2D eigenvalue weighted by Crippen LogP contribution is 2.21. The lowest BCUT2D eigenvalue weighted by atomic mass is 10.1. The van der Waals surface area contributed by atoms with Gasteiger partial charge in [-0.15, -0.1) is 11.3 Å². The molecule has 0 saturated heterocycles. The van der Waals surface area contributed by atoms with Gasteiger partial charge in [-0.3, -0.25) is 9.59 Å². The zero-order valence-corrected chi connectivity index (χ0v) is 15.0. The number of carbonyl (C=O) groups excluding carboxylic acids is 2. The van der Waals surface area contributed by atoms with Crippen molar-refractivity contribution in [3.05, 3.63) is 51.2 Å². The molecule has 7 heteroatoms. The molecule has 128 valence electrons. The average Bonchev–Trinajstić information content (AvgIpc) is 3.08. The van der Waals surface area contributed by atoms with Gasteiger partial charge >= 0.3 is 0 Å². The van der Waals surface area contributed by atoms with Crippen LogP contribution in [0.4, 0.5) is 5.69 Å². The van der Waals surface area contributed by atoms with E-state index in [0.717, 1.165) is 17.8 Å². The third kappa shape index (κ3) is 5.63. The maximum atomic E-state index is 12.3. The lowest BCUT2D eigenvalue weighted by molar-refractivity contribution is -0.116. The maximum absolute atomic E-state index is 12.3. The molecule has 0 bridgehead atoms. The predicted octanol–water partition coefficient (Wildman–Crippen LogP) is 3.27. The number of hydrogen-bond acceptors (Lipinski definition) is 4. The van der Waals surface area contributed by atoms with Crippen molar-refractivity contribution in [2.45, 2.75) is 19.4 Å². The Kier molecular flexibility index (Phi) is 7.24. The summed E-state index contributed by atoms with van der Waals surface area (Å²) in [4.78, 5) is 25.2. The Morgan fingerprint density at radius 1 is 1.25 bits per heavy atom. The lowest BCUT2D eigenvalue weighted by Gasteiger charge is -2.10. The van der Waals surface area contributed by atoms with Gasteiger partial charge in [0.05, 0.1) is 17.1 Å². The first-order valence-electron chi connectivity index (χ1n) is 7.64. The van der Waals surface area contributed by atoms with E-state index in [1.54, 1.807) is 29.5 Å². The fourth-order valence-electron chi connectivity index (χ4n) is 2.10. The quantitative estimate of drug-likeness (QED) is 0.629. The molecule has 0 atom stereocenters. The molecule has 24 heavy (non-hydrogen) atoms. The van der Waals surface area contributed by atoms with Gasteiger partial charge in [0.15, 0.2) is 0 Å². The number of nitrogens with one attached hydrogen (secondary N) is 3. The van der Waals surface area contributed by atoms with E-state index in [1.165, 1.54) is 0 Å². The van der Waals surface area contributed by atoms with Crippen LogP contribution >= 0.6 is 22.9 Å². The van der Waals surface area contributed by atoms with Crippen molar-refractivity contribution < 1.29 is 9.59 Å². The van der Waals surface area contributed by atoms with Crippen molar-refractivity contribution in [3.8, 4) is 0 Å². The van der Waals surface area contributed by atoms with Gasteiger partial charge in [0, 0.05) is 17.0 Å². The van der Waals surface area contributed by atoms with Crippen molar-refractivity contribution in [1.82, 2.24) is 10.6 Å². The first-order valence-corrected chi connectivity index (χ1v) is 8.90. The highest BCUT2D eigenvalue weighted by molar-refractivity contribution is 7.09.